The van der Waals surface area contributed by atoms with Gasteiger partial charge in [0.05, 0.1) is 4.90 Å². The molecular weight excluding hydrogens is 366 g/mol. The van der Waals surface area contributed by atoms with E-state index in [0.717, 1.165) is 17.5 Å². The predicted molar refractivity (Wildman–Crippen MR) is 101 cm³/mol. The van der Waals surface area contributed by atoms with Crippen LogP contribution in [0.15, 0.2) is 53.4 Å². The lowest BCUT2D eigenvalue weighted by atomic mass is 9.98. The number of hydrogen-bond acceptors (Lipinski definition) is 5. The molecule has 0 radical (unpaired) electrons. The van der Waals surface area contributed by atoms with E-state index < -0.39 is 20.5 Å². The van der Waals surface area contributed by atoms with Crippen LogP contribution in [-0.4, -0.2) is 37.5 Å². The summed E-state index contributed by atoms with van der Waals surface area (Å²) in [6, 6.07) is 14.5. The average Bonchev–Trinajstić information content (AvgIpc) is 2.73. The van der Waals surface area contributed by atoms with E-state index in [9.17, 15) is 13.2 Å². The summed E-state index contributed by atoms with van der Waals surface area (Å²) in [7, 11) is -4.00. The fourth-order valence-electron chi connectivity index (χ4n) is 3.57. The Labute approximate surface area is 159 Å². The molecule has 2 aromatic carbocycles. The van der Waals surface area contributed by atoms with Crippen LogP contribution in [0.4, 0.5) is 0 Å². The third-order valence-corrected chi connectivity index (χ3v) is 7.72. The van der Waals surface area contributed by atoms with Crippen LogP contribution in [0.2, 0.25) is 0 Å². The third-order valence-electron chi connectivity index (χ3n) is 5.20. The lowest BCUT2D eigenvalue weighted by molar-refractivity contribution is -0.134. The third kappa shape index (κ3) is 3.38. The van der Waals surface area contributed by atoms with Crippen LogP contribution in [0.3, 0.4) is 0 Å². The Kier molecular flexibility index (Phi) is 5.64. The molecule has 0 unspecified atom stereocenters. The van der Waals surface area contributed by atoms with Gasteiger partial charge in [-0.25, -0.2) is 13.9 Å². The molecule has 6 nitrogen and oxygen atoms in total. The monoisotopic (exact) mass is 389 g/mol. The van der Waals surface area contributed by atoms with Crippen LogP contribution in [0.5, 0.6) is 0 Å². The topological polar surface area (TPSA) is 92.7 Å². The van der Waals surface area contributed by atoms with Gasteiger partial charge in [-0.2, -0.15) is 0 Å². The summed E-state index contributed by atoms with van der Waals surface area (Å²) in [6.45, 7) is 2.36. The number of rotatable bonds is 5. The Morgan fingerprint density at radius 1 is 1.11 bits per heavy atom. The Morgan fingerprint density at radius 3 is 2.33 bits per heavy atom. The van der Waals surface area contributed by atoms with Gasteiger partial charge in [0.1, 0.15) is 0 Å². The van der Waals surface area contributed by atoms with Crippen molar-refractivity contribution in [2.45, 2.75) is 35.8 Å². The molecule has 0 bridgehead atoms. The predicted octanol–water partition coefficient (Wildman–Crippen LogP) is 2.74. The summed E-state index contributed by atoms with van der Waals surface area (Å²) in [5.74, 6) is -0.911. The number of hydrogen-bond donors (Lipinski definition) is 2. The van der Waals surface area contributed by atoms with Crippen molar-refractivity contribution in [1.82, 2.24) is 5.48 Å². The Morgan fingerprint density at radius 2 is 1.74 bits per heavy atom. The molecule has 1 amide bonds. The first-order chi connectivity index (χ1) is 13.0. The minimum atomic E-state index is -4.00. The number of carbonyl (C=O) groups excluding carboxylic acids is 1. The molecule has 7 heteroatoms. The molecule has 3 rings (SSSR count). The maximum absolute atomic E-state index is 13.3. The van der Waals surface area contributed by atoms with E-state index in [-0.39, 0.29) is 31.0 Å². The first kappa shape index (κ1) is 19.5. The molecule has 0 atom stereocenters. The highest BCUT2D eigenvalue weighted by Gasteiger charge is 2.52. The molecule has 1 aliphatic rings. The fourth-order valence-corrected chi connectivity index (χ4v) is 5.51. The van der Waals surface area contributed by atoms with Crippen LogP contribution >= 0.6 is 0 Å². The van der Waals surface area contributed by atoms with Gasteiger partial charge in [-0.05, 0) is 48.1 Å². The molecule has 1 heterocycles. The Bertz CT molecular complexity index is 916. The van der Waals surface area contributed by atoms with Gasteiger partial charge in [-0.3, -0.25) is 10.0 Å². The molecule has 1 saturated heterocycles. The number of amides is 1. The molecule has 1 aliphatic heterocycles. The van der Waals surface area contributed by atoms with E-state index in [4.69, 9.17) is 9.94 Å². The number of benzene rings is 2. The quantitative estimate of drug-likeness (QED) is 0.606. The summed E-state index contributed by atoms with van der Waals surface area (Å²) in [5, 5.41) is 9.11. The zero-order valence-corrected chi connectivity index (χ0v) is 16.0. The standard InChI is InChI=1S/C20H23NO5S/c1-2-15-5-3-4-6-18(15)16-7-9-17(10-8-16)27(24,25)20(19(22)21-23)11-13-26-14-12-20/h3-10,23H,2,11-14H2,1H3,(H,21,22). The van der Waals surface area contributed by atoms with Crippen LogP contribution < -0.4 is 5.48 Å². The van der Waals surface area contributed by atoms with Crippen molar-refractivity contribution in [3.63, 3.8) is 0 Å². The van der Waals surface area contributed by atoms with Crippen LogP contribution in [0, 0.1) is 0 Å². The lowest BCUT2D eigenvalue weighted by Gasteiger charge is -2.34. The molecule has 144 valence electrons. The number of hydroxylamine groups is 1. The summed E-state index contributed by atoms with van der Waals surface area (Å²) >= 11 is 0. The molecule has 2 N–H and O–H groups in total. The maximum atomic E-state index is 13.3. The molecule has 27 heavy (non-hydrogen) atoms. The van der Waals surface area contributed by atoms with E-state index in [2.05, 4.69) is 6.92 Å². The van der Waals surface area contributed by atoms with E-state index >= 15 is 0 Å². The van der Waals surface area contributed by atoms with Gasteiger partial charge in [0, 0.05) is 13.2 Å². The normalized spacial score (nSPS) is 16.7. The molecule has 0 aliphatic carbocycles. The summed E-state index contributed by atoms with van der Waals surface area (Å²) in [5.41, 5.74) is 4.67. The van der Waals surface area contributed by atoms with Gasteiger partial charge >= 0.3 is 0 Å². The smallest absolute Gasteiger partial charge is 0.265 e. The molecule has 2 aromatic rings. The van der Waals surface area contributed by atoms with Crippen molar-refractivity contribution in [2.24, 2.45) is 0 Å². The molecule has 0 aromatic heterocycles. The lowest BCUT2D eigenvalue weighted by Crippen LogP contribution is -2.54. The summed E-state index contributed by atoms with van der Waals surface area (Å²) in [4.78, 5) is 12.3. The summed E-state index contributed by atoms with van der Waals surface area (Å²) < 4.78 is 30.0. The van der Waals surface area contributed by atoms with Crippen LogP contribution in [-0.2, 0) is 25.8 Å². The van der Waals surface area contributed by atoms with Gasteiger partial charge in [0.2, 0.25) is 0 Å². The second kappa shape index (κ2) is 7.80. The zero-order valence-electron chi connectivity index (χ0n) is 15.1. The molecule has 0 saturated carbocycles. The Balaban J connectivity index is 2.01. The zero-order chi connectivity index (χ0) is 19.5. The number of nitrogens with one attached hydrogen (secondary N) is 1. The minimum Gasteiger partial charge on any atom is -0.381 e. The van der Waals surface area contributed by atoms with Gasteiger partial charge in [0.15, 0.2) is 14.6 Å². The van der Waals surface area contributed by atoms with Gasteiger partial charge in [0.25, 0.3) is 5.91 Å². The highest BCUT2D eigenvalue weighted by atomic mass is 32.2. The minimum absolute atomic E-state index is 0.00213. The van der Waals surface area contributed by atoms with E-state index in [0.29, 0.717) is 0 Å². The number of carbonyl (C=O) groups is 1. The van der Waals surface area contributed by atoms with Crippen molar-refractivity contribution in [3.05, 3.63) is 54.1 Å². The van der Waals surface area contributed by atoms with Crippen LogP contribution in [0.25, 0.3) is 11.1 Å². The van der Waals surface area contributed by atoms with E-state index in [1.165, 1.54) is 23.2 Å². The highest BCUT2D eigenvalue weighted by Crippen LogP contribution is 2.36. The second-order valence-electron chi connectivity index (χ2n) is 6.59. The first-order valence-electron chi connectivity index (χ1n) is 8.91. The fraction of sp³-hybridized carbons (Fsp3) is 0.350. The SMILES string of the molecule is CCc1ccccc1-c1ccc(S(=O)(=O)C2(C(=O)NO)CCOCC2)cc1. The van der Waals surface area contributed by atoms with Crippen LogP contribution in [0.1, 0.15) is 25.3 Å². The highest BCUT2D eigenvalue weighted by molar-refractivity contribution is 7.93. The van der Waals surface area contributed by atoms with Gasteiger partial charge in [-0.15, -0.1) is 0 Å². The van der Waals surface area contributed by atoms with E-state index in [1.54, 1.807) is 12.1 Å². The van der Waals surface area contributed by atoms with Gasteiger partial charge < -0.3 is 4.74 Å². The van der Waals surface area contributed by atoms with Crippen molar-refractivity contribution in [1.29, 1.82) is 0 Å². The number of aryl methyl sites for hydroxylation is 1. The Hall–Kier alpha value is -2.22. The second-order valence-corrected chi connectivity index (χ2v) is 8.85. The molecular formula is C20H23NO5S. The van der Waals surface area contributed by atoms with Crippen molar-refractivity contribution >= 4 is 15.7 Å². The largest absolute Gasteiger partial charge is 0.381 e. The number of ether oxygens (including phenoxy) is 1. The number of sulfone groups is 1. The van der Waals surface area contributed by atoms with Crippen molar-refractivity contribution in [3.8, 4) is 11.1 Å². The first-order valence-corrected chi connectivity index (χ1v) is 10.4. The van der Waals surface area contributed by atoms with E-state index in [1.807, 2.05) is 24.3 Å². The van der Waals surface area contributed by atoms with Crippen molar-refractivity contribution in [2.75, 3.05) is 13.2 Å². The van der Waals surface area contributed by atoms with Gasteiger partial charge in [-0.1, -0.05) is 43.3 Å². The summed E-state index contributed by atoms with van der Waals surface area (Å²) in [6.07, 6.45) is 0.875. The molecule has 0 spiro atoms. The van der Waals surface area contributed by atoms with Crippen molar-refractivity contribution < 1.29 is 23.2 Å². The maximum Gasteiger partial charge on any atom is 0.265 e. The average molecular weight is 389 g/mol. The molecule has 1 fully saturated rings.